The average Bonchev–Trinajstić information content (AvgIpc) is 2.58. The van der Waals surface area contributed by atoms with Crippen LogP contribution in [-0.4, -0.2) is 19.7 Å². The summed E-state index contributed by atoms with van der Waals surface area (Å²) in [7, 11) is 1.78. The predicted octanol–water partition coefficient (Wildman–Crippen LogP) is 1.24. The SMILES string of the molecule is Cn1cc(Oc2nc(Cl)ncc2N)cn1. The van der Waals surface area contributed by atoms with Gasteiger partial charge in [-0.05, 0) is 11.6 Å². The lowest BCUT2D eigenvalue weighted by Gasteiger charge is -2.03. The average molecular weight is 226 g/mol. The molecule has 0 bridgehead atoms. The molecule has 0 radical (unpaired) electrons. The number of ether oxygens (including phenoxy) is 1. The first-order valence-electron chi connectivity index (χ1n) is 4.09. The zero-order valence-electron chi connectivity index (χ0n) is 7.88. The maximum absolute atomic E-state index is 5.61. The smallest absolute Gasteiger partial charge is 0.247 e. The molecule has 2 aromatic rings. The Morgan fingerprint density at radius 3 is 2.93 bits per heavy atom. The van der Waals surface area contributed by atoms with Crippen LogP contribution in [0.2, 0.25) is 5.28 Å². The second-order valence-electron chi connectivity index (χ2n) is 2.85. The maximum Gasteiger partial charge on any atom is 0.247 e. The molecule has 0 atom stereocenters. The molecule has 7 heteroatoms. The minimum atomic E-state index is 0.0862. The van der Waals surface area contributed by atoms with E-state index in [0.29, 0.717) is 11.4 Å². The third-order valence-corrected chi connectivity index (χ3v) is 1.83. The zero-order valence-corrected chi connectivity index (χ0v) is 8.64. The van der Waals surface area contributed by atoms with Crippen LogP contribution in [0.15, 0.2) is 18.6 Å². The number of nitrogen functional groups attached to an aromatic ring is 1. The number of anilines is 1. The van der Waals surface area contributed by atoms with E-state index in [4.69, 9.17) is 22.1 Å². The molecule has 0 spiro atoms. The number of halogens is 1. The van der Waals surface area contributed by atoms with Crippen molar-refractivity contribution in [2.45, 2.75) is 0 Å². The Labute approximate surface area is 90.7 Å². The molecule has 0 aromatic carbocycles. The Morgan fingerprint density at radius 2 is 2.27 bits per heavy atom. The highest BCUT2D eigenvalue weighted by molar-refractivity contribution is 6.28. The normalized spacial score (nSPS) is 10.3. The number of hydrogen-bond donors (Lipinski definition) is 1. The van der Waals surface area contributed by atoms with E-state index in [2.05, 4.69) is 15.1 Å². The number of rotatable bonds is 2. The molecular weight excluding hydrogens is 218 g/mol. The van der Waals surface area contributed by atoms with Gasteiger partial charge in [-0.2, -0.15) is 10.1 Å². The van der Waals surface area contributed by atoms with Crippen molar-refractivity contribution in [1.29, 1.82) is 0 Å². The number of hydrogen-bond acceptors (Lipinski definition) is 5. The summed E-state index contributed by atoms with van der Waals surface area (Å²) in [6, 6.07) is 0. The molecule has 0 fully saturated rings. The first kappa shape index (κ1) is 9.72. The highest BCUT2D eigenvalue weighted by Gasteiger charge is 2.06. The van der Waals surface area contributed by atoms with Crippen molar-refractivity contribution >= 4 is 17.3 Å². The summed E-state index contributed by atoms with van der Waals surface area (Å²) in [6.07, 6.45) is 4.63. The number of aromatic nitrogens is 4. The zero-order chi connectivity index (χ0) is 10.8. The Bertz CT molecular complexity index is 484. The third kappa shape index (κ3) is 2.16. The van der Waals surface area contributed by atoms with Gasteiger partial charge in [-0.1, -0.05) is 0 Å². The van der Waals surface area contributed by atoms with Crippen LogP contribution in [0.4, 0.5) is 5.69 Å². The van der Waals surface area contributed by atoms with Crippen molar-refractivity contribution in [1.82, 2.24) is 19.7 Å². The summed E-state index contributed by atoms with van der Waals surface area (Å²) in [5.41, 5.74) is 5.93. The van der Waals surface area contributed by atoms with Crippen molar-refractivity contribution in [2.75, 3.05) is 5.73 Å². The molecule has 0 saturated carbocycles. The number of nitrogens with zero attached hydrogens (tertiary/aromatic N) is 4. The highest BCUT2D eigenvalue weighted by atomic mass is 35.5. The predicted molar refractivity (Wildman–Crippen MR) is 54.7 cm³/mol. The minimum Gasteiger partial charge on any atom is -0.434 e. The second kappa shape index (κ2) is 3.74. The lowest BCUT2D eigenvalue weighted by molar-refractivity contribution is 0.463. The molecule has 0 aliphatic rings. The van der Waals surface area contributed by atoms with E-state index in [9.17, 15) is 0 Å². The second-order valence-corrected chi connectivity index (χ2v) is 3.19. The van der Waals surface area contributed by atoms with Crippen molar-refractivity contribution < 1.29 is 4.74 Å². The number of aryl methyl sites for hydroxylation is 1. The largest absolute Gasteiger partial charge is 0.434 e. The van der Waals surface area contributed by atoms with Gasteiger partial charge in [0.05, 0.1) is 18.6 Å². The van der Waals surface area contributed by atoms with Crippen LogP contribution in [0.5, 0.6) is 11.6 Å². The van der Waals surface area contributed by atoms with E-state index in [1.54, 1.807) is 24.1 Å². The highest BCUT2D eigenvalue weighted by Crippen LogP contribution is 2.24. The van der Waals surface area contributed by atoms with Crippen molar-refractivity contribution in [3.8, 4) is 11.6 Å². The topological polar surface area (TPSA) is 78.8 Å². The fourth-order valence-electron chi connectivity index (χ4n) is 1.00. The summed E-state index contributed by atoms with van der Waals surface area (Å²) in [6.45, 7) is 0. The van der Waals surface area contributed by atoms with Gasteiger partial charge in [-0.3, -0.25) is 4.68 Å². The Hall–Kier alpha value is -1.82. The first-order valence-corrected chi connectivity index (χ1v) is 4.47. The van der Waals surface area contributed by atoms with Crippen LogP contribution < -0.4 is 10.5 Å². The summed E-state index contributed by atoms with van der Waals surface area (Å²) in [4.78, 5) is 7.56. The van der Waals surface area contributed by atoms with Gasteiger partial charge in [-0.15, -0.1) is 0 Å². The molecule has 0 amide bonds. The molecule has 15 heavy (non-hydrogen) atoms. The fraction of sp³-hybridized carbons (Fsp3) is 0.125. The van der Waals surface area contributed by atoms with Gasteiger partial charge in [-0.25, -0.2) is 4.98 Å². The molecule has 0 saturated heterocycles. The monoisotopic (exact) mass is 225 g/mol. The third-order valence-electron chi connectivity index (χ3n) is 1.65. The Balaban J connectivity index is 2.27. The molecule has 0 aliphatic heterocycles. The van der Waals surface area contributed by atoms with Crippen molar-refractivity contribution in [3.63, 3.8) is 0 Å². The lowest BCUT2D eigenvalue weighted by Crippen LogP contribution is -1.96. The Kier molecular flexibility index (Phi) is 2.42. The molecule has 2 rings (SSSR count). The van der Waals surface area contributed by atoms with Crippen molar-refractivity contribution in [2.24, 2.45) is 7.05 Å². The molecule has 2 heterocycles. The van der Waals surface area contributed by atoms with Gasteiger partial charge in [0.1, 0.15) is 5.69 Å². The molecule has 2 aromatic heterocycles. The summed E-state index contributed by atoms with van der Waals surface area (Å²) >= 11 is 5.61. The van der Waals surface area contributed by atoms with E-state index in [1.807, 2.05) is 0 Å². The van der Waals surface area contributed by atoms with Gasteiger partial charge in [0.25, 0.3) is 0 Å². The van der Waals surface area contributed by atoms with Crippen LogP contribution in [-0.2, 0) is 7.05 Å². The van der Waals surface area contributed by atoms with Gasteiger partial charge >= 0.3 is 0 Å². The van der Waals surface area contributed by atoms with E-state index in [0.717, 1.165) is 0 Å². The fourth-order valence-corrected chi connectivity index (χ4v) is 1.13. The van der Waals surface area contributed by atoms with Gasteiger partial charge in [0, 0.05) is 7.05 Å². The van der Waals surface area contributed by atoms with E-state index < -0.39 is 0 Å². The van der Waals surface area contributed by atoms with Gasteiger partial charge < -0.3 is 10.5 Å². The minimum absolute atomic E-state index is 0.0862. The van der Waals surface area contributed by atoms with E-state index >= 15 is 0 Å². The molecular formula is C8H8ClN5O. The molecule has 0 unspecified atom stereocenters. The lowest BCUT2D eigenvalue weighted by atomic mass is 10.5. The summed E-state index contributed by atoms with van der Waals surface area (Å²) < 4.78 is 6.97. The van der Waals surface area contributed by atoms with Crippen LogP contribution in [0.3, 0.4) is 0 Å². The molecule has 2 N–H and O–H groups in total. The van der Waals surface area contributed by atoms with Crippen LogP contribution >= 0.6 is 11.6 Å². The van der Waals surface area contributed by atoms with E-state index in [-0.39, 0.29) is 11.2 Å². The van der Waals surface area contributed by atoms with Crippen LogP contribution in [0.1, 0.15) is 0 Å². The van der Waals surface area contributed by atoms with Gasteiger partial charge in [0.2, 0.25) is 11.2 Å². The standard InChI is InChI=1S/C8H8ClN5O/c1-14-4-5(2-12-14)15-7-6(10)3-11-8(9)13-7/h2-4H,10H2,1H3. The molecule has 0 aliphatic carbocycles. The van der Waals surface area contributed by atoms with E-state index in [1.165, 1.54) is 6.20 Å². The Morgan fingerprint density at radius 1 is 1.47 bits per heavy atom. The molecule has 6 nitrogen and oxygen atoms in total. The molecule has 78 valence electrons. The van der Waals surface area contributed by atoms with Crippen LogP contribution in [0.25, 0.3) is 0 Å². The van der Waals surface area contributed by atoms with Crippen LogP contribution in [0, 0.1) is 0 Å². The summed E-state index contributed by atoms with van der Waals surface area (Å²) in [5, 5.41) is 4.03. The first-order chi connectivity index (χ1) is 7.15. The number of nitrogens with two attached hydrogens (primary N) is 1. The van der Waals surface area contributed by atoms with Gasteiger partial charge in [0.15, 0.2) is 5.75 Å². The maximum atomic E-state index is 5.61. The quantitative estimate of drug-likeness (QED) is 0.778. The summed E-state index contributed by atoms with van der Waals surface area (Å²) in [5.74, 6) is 0.766. The van der Waals surface area contributed by atoms with Crippen molar-refractivity contribution in [3.05, 3.63) is 23.9 Å².